The molecule has 0 amide bonds. The Morgan fingerprint density at radius 2 is 0.0278 bits per heavy atom. The third-order valence-electron chi connectivity index (χ3n) is 0. The molecule has 0 spiro atoms. The number of hydrogen-bond acceptors (Lipinski definition) is 0. The van der Waals surface area contributed by atoms with Crippen LogP contribution in [0.4, 0.5) is 0 Å². The molecule has 36 heavy (non-hydrogen) atoms. The van der Waals surface area contributed by atoms with Crippen molar-refractivity contribution >= 4 is 0 Å². The van der Waals surface area contributed by atoms with Crippen molar-refractivity contribution in [1.82, 2.24) is 0 Å². The zero-order valence-electron chi connectivity index (χ0n) is 25.5. The first-order valence-electron chi connectivity index (χ1n) is 0. The summed E-state index contributed by atoms with van der Waals surface area (Å²) in [6, 6.07) is 0. The minimum Gasteiger partial charge on any atom is 0 e. The van der Waals surface area contributed by atoms with E-state index in [4.69, 9.17) is 0 Å². The molecule has 36 heteroatoms. The van der Waals surface area contributed by atoms with E-state index in [0.717, 1.165) is 0 Å². The second-order valence-electron chi connectivity index (χ2n) is 0. The van der Waals surface area contributed by atoms with E-state index in [2.05, 4.69) is 0 Å². The molecule has 0 nitrogen and oxygen atoms in total. The smallest absolute Gasteiger partial charge is 0 e. The van der Waals surface area contributed by atoms with Crippen LogP contribution in [0.5, 0.6) is 0 Å². The van der Waals surface area contributed by atoms with Crippen LogP contribution in [0.3, 0.4) is 0 Å². The molecule has 0 aromatic rings. The molecule has 0 unspecified atom stereocenters. The van der Waals surface area contributed by atoms with Gasteiger partial charge in [-0.3, -0.25) is 0 Å². The second kappa shape index (κ2) is 279. The van der Waals surface area contributed by atoms with Gasteiger partial charge in [0, 0.05) is 983 Å². The van der Waals surface area contributed by atoms with Crippen molar-refractivity contribution in [2.24, 2.45) is 0 Å². The van der Waals surface area contributed by atoms with E-state index in [1.807, 2.05) is 0 Å². The first-order valence-corrected chi connectivity index (χ1v) is 0. The van der Waals surface area contributed by atoms with Crippen LogP contribution >= 0.6 is 0 Å². The molecular formula is Cd36. The Labute approximate surface area is 948 Å². The SMILES string of the molecule is [Cd].[Cd].[Cd].[Cd].[Cd].[Cd].[Cd].[Cd].[Cd].[Cd].[Cd].[Cd].[Cd].[Cd].[Cd].[Cd].[Cd].[Cd].[Cd].[Cd].[Cd].[Cd].[Cd].[Cd].[Cd].[Cd].[Cd].[Cd].[Cd].[Cd].[Cd].[Cd].[Cd].[Cd].[Cd].[Cd]. The number of rotatable bonds is 0. The van der Waals surface area contributed by atoms with E-state index < -0.39 is 0 Å². The summed E-state index contributed by atoms with van der Waals surface area (Å²) < 4.78 is 0. The summed E-state index contributed by atoms with van der Waals surface area (Å²) in [4.78, 5) is 0. The molecule has 0 rings (SSSR count). The molecule has 0 aromatic heterocycles. The predicted octanol–water partition coefficient (Wildman–Crippen LogP) is -0.0900. The van der Waals surface area contributed by atoms with E-state index in [9.17, 15) is 0 Å². The maximum atomic E-state index is 0. The van der Waals surface area contributed by atoms with Gasteiger partial charge < -0.3 is 0 Å². The van der Waals surface area contributed by atoms with Crippen LogP contribution in [0.15, 0.2) is 0 Å². The first kappa shape index (κ1) is 292. The summed E-state index contributed by atoms with van der Waals surface area (Å²) in [5, 5.41) is 0. The van der Waals surface area contributed by atoms with Gasteiger partial charge >= 0.3 is 0 Å². The van der Waals surface area contributed by atoms with Gasteiger partial charge in [0.25, 0.3) is 0 Å². The minimum absolute atomic E-state index is 0. The maximum absolute atomic E-state index is 0. The zero-order chi connectivity index (χ0) is 0. The van der Waals surface area contributed by atoms with Crippen molar-refractivity contribution in [2.45, 2.75) is 0 Å². The Morgan fingerprint density at radius 1 is 0.0278 bits per heavy atom. The minimum atomic E-state index is 0. The van der Waals surface area contributed by atoms with Gasteiger partial charge in [0.1, 0.15) is 0 Å². The standard InChI is InChI=1S/36Cd. The van der Waals surface area contributed by atoms with Gasteiger partial charge in [0.05, 0.1) is 0 Å². The molecule has 72 valence electrons. The summed E-state index contributed by atoms with van der Waals surface area (Å²) in [6.45, 7) is 0. The fourth-order valence-corrected chi connectivity index (χ4v) is 0. The zero-order valence-corrected chi connectivity index (χ0v) is 171. The fraction of sp³-hybridized carbons (Fsp3) is 0. The van der Waals surface area contributed by atoms with Crippen molar-refractivity contribution < 1.29 is 983 Å². The normalized spacial score (nSPS) is 0. The van der Waals surface area contributed by atoms with Crippen molar-refractivity contribution in [3.8, 4) is 0 Å². The van der Waals surface area contributed by atoms with E-state index in [0.29, 0.717) is 0 Å². The molecule has 0 aromatic carbocycles. The largest absolute Gasteiger partial charge is 0 e. The first-order chi connectivity index (χ1) is 0. The topological polar surface area (TPSA) is 0 Å². The van der Waals surface area contributed by atoms with Crippen LogP contribution in [0.2, 0.25) is 0 Å². The van der Waals surface area contributed by atoms with Crippen molar-refractivity contribution in [3.05, 3.63) is 0 Å². The predicted molar refractivity (Wildman–Crippen MR) is 0 cm³/mol. The van der Waals surface area contributed by atoms with Crippen LogP contribution in [0, 0.1) is 0 Å². The van der Waals surface area contributed by atoms with Gasteiger partial charge in [-0.2, -0.15) is 0 Å². The van der Waals surface area contributed by atoms with Crippen LogP contribution in [0.1, 0.15) is 0 Å². The second-order valence-corrected chi connectivity index (χ2v) is 0. The average molecular weight is 4050 g/mol. The third kappa shape index (κ3) is 267. The van der Waals surface area contributed by atoms with Crippen LogP contribution in [-0.2, 0) is 983 Å². The Hall–Kier alpha value is 33.2. The number of hydrogen-bond donors (Lipinski definition) is 0. The van der Waals surface area contributed by atoms with Crippen LogP contribution in [-0.4, -0.2) is 0 Å². The van der Waals surface area contributed by atoms with Gasteiger partial charge in [0.15, 0.2) is 0 Å². The van der Waals surface area contributed by atoms with Crippen molar-refractivity contribution in [1.29, 1.82) is 0 Å². The summed E-state index contributed by atoms with van der Waals surface area (Å²) >= 11 is 0. The summed E-state index contributed by atoms with van der Waals surface area (Å²) in [7, 11) is 0. The summed E-state index contributed by atoms with van der Waals surface area (Å²) in [5.41, 5.74) is 0. The maximum Gasteiger partial charge on any atom is 0 e. The van der Waals surface area contributed by atoms with Gasteiger partial charge in [-0.1, -0.05) is 0 Å². The Balaban J connectivity index is 0. The Bertz CT molecular complexity index is 0. The van der Waals surface area contributed by atoms with Gasteiger partial charge in [-0.25, -0.2) is 0 Å². The Morgan fingerprint density at radius 3 is 0.0278 bits per heavy atom. The molecule has 0 heterocycles. The van der Waals surface area contributed by atoms with Gasteiger partial charge in [-0.15, -0.1) is 0 Å². The van der Waals surface area contributed by atoms with Gasteiger partial charge in [-0.05, 0) is 0 Å². The third-order valence-corrected chi connectivity index (χ3v) is 0. The molecule has 0 N–H and O–H groups in total. The molecule has 0 atom stereocenters. The summed E-state index contributed by atoms with van der Waals surface area (Å²) in [6.07, 6.45) is 0. The summed E-state index contributed by atoms with van der Waals surface area (Å²) in [5.74, 6) is 0. The molecule has 0 saturated carbocycles. The molecule has 0 fully saturated rings. The molecule has 0 aliphatic rings. The quantitative estimate of drug-likeness (QED) is 0.299. The molecule has 0 aliphatic carbocycles. The molecule has 0 saturated heterocycles. The van der Waals surface area contributed by atoms with Gasteiger partial charge in [0.2, 0.25) is 0 Å². The van der Waals surface area contributed by atoms with E-state index in [1.165, 1.54) is 0 Å². The monoisotopic (exact) mass is 4100 g/mol. The van der Waals surface area contributed by atoms with E-state index in [-0.39, 0.29) is 983 Å². The van der Waals surface area contributed by atoms with Crippen molar-refractivity contribution in [2.75, 3.05) is 0 Å². The molecular weight excluding hydrogens is 4050 g/mol. The van der Waals surface area contributed by atoms with E-state index >= 15 is 0 Å². The Kier molecular flexibility index (Phi) is 2270. The average Bonchev–Trinajstić information content (AvgIpc) is 0. The molecule has 0 aliphatic heterocycles. The fourth-order valence-electron chi connectivity index (χ4n) is 0. The van der Waals surface area contributed by atoms with Crippen LogP contribution in [0.25, 0.3) is 0 Å². The molecule has 0 radical (unpaired) electrons. The van der Waals surface area contributed by atoms with Crippen molar-refractivity contribution in [3.63, 3.8) is 0 Å². The van der Waals surface area contributed by atoms with E-state index in [1.54, 1.807) is 0 Å². The molecule has 0 bridgehead atoms. The van der Waals surface area contributed by atoms with Crippen LogP contribution < -0.4 is 0 Å².